The van der Waals surface area contributed by atoms with Gasteiger partial charge in [0.15, 0.2) is 0 Å². The van der Waals surface area contributed by atoms with E-state index in [1.54, 1.807) is 6.92 Å². The van der Waals surface area contributed by atoms with E-state index in [0.717, 1.165) is 12.7 Å². The number of carbonyl (C=O) groups is 2. The monoisotopic (exact) mass is 186 g/mol. The van der Waals surface area contributed by atoms with E-state index >= 15 is 0 Å². The van der Waals surface area contributed by atoms with E-state index < -0.39 is 0 Å². The number of esters is 1. The Labute approximate surface area is 79.5 Å². The molecule has 0 amide bonds. The predicted molar refractivity (Wildman–Crippen MR) is 50.2 cm³/mol. The first-order valence-corrected chi connectivity index (χ1v) is 4.65. The second-order valence-electron chi connectivity index (χ2n) is 3.45. The van der Waals surface area contributed by atoms with Crippen LogP contribution in [0.2, 0.25) is 0 Å². The van der Waals surface area contributed by atoms with Gasteiger partial charge in [-0.05, 0) is 5.92 Å². The molecule has 0 unspecified atom stereocenters. The molecule has 76 valence electrons. The molecule has 0 saturated carbocycles. The van der Waals surface area contributed by atoms with E-state index in [-0.39, 0.29) is 23.9 Å². The van der Waals surface area contributed by atoms with Crippen LogP contribution in [-0.2, 0) is 14.3 Å². The van der Waals surface area contributed by atoms with Gasteiger partial charge in [-0.15, -0.1) is 0 Å². The van der Waals surface area contributed by atoms with Crippen LogP contribution in [-0.4, -0.2) is 18.4 Å². The smallest absolute Gasteiger partial charge is 0.302 e. The zero-order chi connectivity index (χ0) is 10.4. The molecule has 3 nitrogen and oxygen atoms in total. The summed E-state index contributed by atoms with van der Waals surface area (Å²) in [5.41, 5.74) is 0. The molecule has 0 aliphatic rings. The van der Waals surface area contributed by atoms with Crippen LogP contribution >= 0.6 is 0 Å². The average molecular weight is 186 g/mol. The molecule has 0 heterocycles. The summed E-state index contributed by atoms with van der Waals surface area (Å²) >= 11 is 0. The summed E-state index contributed by atoms with van der Waals surface area (Å²) in [4.78, 5) is 21.3. The van der Waals surface area contributed by atoms with Crippen LogP contribution in [0.5, 0.6) is 0 Å². The van der Waals surface area contributed by atoms with Crippen LogP contribution < -0.4 is 0 Å². The normalized spacial score (nSPS) is 17.2. The molecular formula is C10H18O3. The molecule has 0 aliphatic carbocycles. The van der Waals surface area contributed by atoms with Crippen molar-refractivity contribution in [2.24, 2.45) is 11.8 Å². The van der Waals surface area contributed by atoms with E-state index in [9.17, 15) is 9.59 Å². The fraction of sp³-hybridized carbons (Fsp3) is 0.800. The van der Waals surface area contributed by atoms with Gasteiger partial charge in [0, 0.05) is 12.8 Å². The third-order valence-corrected chi connectivity index (χ3v) is 2.24. The number of hydrogen-bond donors (Lipinski definition) is 0. The van der Waals surface area contributed by atoms with Crippen LogP contribution in [0.25, 0.3) is 0 Å². The van der Waals surface area contributed by atoms with Crippen LogP contribution in [0.4, 0.5) is 0 Å². The summed E-state index contributed by atoms with van der Waals surface area (Å²) < 4.78 is 5.09. The van der Waals surface area contributed by atoms with Crippen molar-refractivity contribution in [2.45, 2.75) is 40.2 Å². The van der Waals surface area contributed by atoms with Crippen LogP contribution in [0.15, 0.2) is 0 Å². The molecule has 0 radical (unpaired) electrons. The highest BCUT2D eigenvalue weighted by atomic mass is 16.5. The molecule has 0 aliphatic heterocycles. The first-order chi connectivity index (χ1) is 6.02. The van der Waals surface area contributed by atoms with Gasteiger partial charge in [0.1, 0.15) is 12.4 Å². The Morgan fingerprint density at radius 2 is 2.00 bits per heavy atom. The highest BCUT2D eigenvalue weighted by Crippen LogP contribution is 2.18. The molecule has 0 spiro atoms. The standard InChI is InChI=1S/C10H18O3/c1-5-7(2)10(8(3)6-11)13-9(4)12/h6-8,10H,5H2,1-4H3/t7-,8+,10+/m0/s1. The molecule has 0 fully saturated rings. The molecule has 0 rings (SSSR count). The molecule has 0 aromatic carbocycles. The Bertz CT molecular complexity index is 177. The second kappa shape index (κ2) is 5.73. The first kappa shape index (κ1) is 12.1. The summed E-state index contributed by atoms with van der Waals surface area (Å²) in [6, 6.07) is 0. The van der Waals surface area contributed by atoms with Crippen molar-refractivity contribution in [3.8, 4) is 0 Å². The molecule has 0 saturated heterocycles. The molecule has 0 N–H and O–H groups in total. The molecular weight excluding hydrogens is 168 g/mol. The van der Waals surface area contributed by atoms with Gasteiger partial charge in [-0.2, -0.15) is 0 Å². The molecule has 3 atom stereocenters. The van der Waals surface area contributed by atoms with E-state index in [4.69, 9.17) is 4.74 Å². The summed E-state index contributed by atoms with van der Waals surface area (Å²) in [6.45, 7) is 7.13. The number of hydrogen-bond acceptors (Lipinski definition) is 3. The summed E-state index contributed by atoms with van der Waals surface area (Å²) in [5.74, 6) is -0.318. The Morgan fingerprint density at radius 1 is 1.46 bits per heavy atom. The fourth-order valence-corrected chi connectivity index (χ4v) is 1.24. The quantitative estimate of drug-likeness (QED) is 0.485. The van der Waals surface area contributed by atoms with Gasteiger partial charge in [0.05, 0.1) is 0 Å². The Morgan fingerprint density at radius 3 is 2.31 bits per heavy atom. The van der Waals surface area contributed by atoms with Crippen molar-refractivity contribution in [1.29, 1.82) is 0 Å². The minimum absolute atomic E-state index is 0.223. The SMILES string of the molecule is CC[C@H](C)[C@@H](OC(C)=O)[C@H](C)C=O. The van der Waals surface area contributed by atoms with Crippen molar-refractivity contribution < 1.29 is 14.3 Å². The van der Waals surface area contributed by atoms with Gasteiger partial charge in [0.25, 0.3) is 0 Å². The highest BCUT2D eigenvalue weighted by Gasteiger charge is 2.24. The summed E-state index contributed by atoms with van der Waals surface area (Å²) in [7, 11) is 0. The number of carbonyl (C=O) groups excluding carboxylic acids is 2. The topological polar surface area (TPSA) is 43.4 Å². The van der Waals surface area contributed by atoms with Gasteiger partial charge in [-0.25, -0.2) is 0 Å². The summed E-state index contributed by atoms with van der Waals surface area (Å²) in [6.07, 6.45) is 1.45. The highest BCUT2D eigenvalue weighted by molar-refractivity contribution is 5.67. The van der Waals surface area contributed by atoms with Crippen molar-refractivity contribution >= 4 is 12.3 Å². The van der Waals surface area contributed by atoms with E-state index in [2.05, 4.69) is 0 Å². The zero-order valence-electron chi connectivity index (χ0n) is 8.74. The van der Waals surface area contributed by atoms with E-state index in [1.165, 1.54) is 6.92 Å². The molecule has 0 aromatic heterocycles. The van der Waals surface area contributed by atoms with Crippen molar-refractivity contribution in [3.63, 3.8) is 0 Å². The van der Waals surface area contributed by atoms with Crippen LogP contribution in [0, 0.1) is 11.8 Å². The maximum Gasteiger partial charge on any atom is 0.302 e. The average Bonchev–Trinajstić information content (AvgIpc) is 2.11. The van der Waals surface area contributed by atoms with Crippen LogP contribution in [0.3, 0.4) is 0 Å². The zero-order valence-corrected chi connectivity index (χ0v) is 8.74. The van der Waals surface area contributed by atoms with Crippen molar-refractivity contribution in [3.05, 3.63) is 0 Å². The second-order valence-corrected chi connectivity index (χ2v) is 3.45. The maximum atomic E-state index is 10.8. The number of ether oxygens (including phenoxy) is 1. The van der Waals surface area contributed by atoms with Crippen molar-refractivity contribution in [2.75, 3.05) is 0 Å². The van der Waals surface area contributed by atoms with Gasteiger partial charge in [0.2, 0.25) is 0 Å². The lowest BCUT2D eigenvalue weighted by Crippen LogP contribution is -2.31. The third-order valence-electron chi connectivity index (χ3n) is 2.24. The van der Waals surface area contributed by atoms with E-state index in [1.807, 2.05) is 13.8 Å². The lowest BCUT2D eigenvalue weighted by Gasteiger charge is -2.25. The minimum atomic E-state index is -0.320. The van der Waals surface area contributed by atoms with Crippen LogP contribution in [0.1, 0.15) is 34.1 Å². The Hall–Kier alpha value is -0.860. The van der Waals surface area contributed by atoms with Gasteiger partial charge in [-0.1, -0.05) is 27.2 Å². The number of aldehydes is 1. The third kappa shape index (κ3) is 4.06. The van der Waals surface area contributed by atoms with Crippen molar-refractivity contribution in [1.82, 2.24) is 0 Å². The van der Waals surface area contributed by atoms with E-state index in [0.29, 0.717) is 0 Å². The minimum Gasteiger partial charge on any atom is -0.462 e. The van der Waals surface area contributed by atoms with Gasteiger partial charge < -0.3 is 9.53 Å². The maximum absolute atomic E-state index is 10.8. The lowest BCUT2D eigenvalue weighted by atomic mass is 9.92. The largest absolute Gasteiger partial charge is 0.462 e. The number of rotatable bonds is 5. The molecule has 0 aromatic rings. The molecule has 13 heavy (non-hydrogen) atoms. The first-order valence-electron chi connectivity index (χ1n) is 4.65. The Balaban J connectivity index is 4.34. The van der Waals surface area contributed by atoms with Gasteiger partial charge >= 0.3 is 5.97 Å². The Kier molecular flexibility index (Phi) is 5.35. The lowest BCUT2D eigenvalue weighted by molar-refractivity contribution is -0.152. The molecule has 0 bridgehead atoms. The molecule has 3 heteroatoms. The summed E-state index contributed by atoms with van der Waals surface area (Å²) in [5, 5.41) is 0. The predicted octanol–water partition coefficient (Wildman–Crippen LogP) is 1.80. The fourth-order valence-electron chi connectivity index (χ4n) is 1.24. The van der Waals surface area contributed by atoms with Gasteiger partial charge in [-0.3, -0.25) is 4.79 Å².